The van der Waals surface area contributed by atoms with E-state index in [0.29, 0.717) is 5.56 Å². The first-order chi connectivity index (χ1) is 12.7. The predicted octanol–water partition coefficient (Wildman–Crippen LogP) is 7.36. The summed E-state index contributed by atoms with van der Waals surface area (Å²) in [5, 5.41) is 21.7. The molecule has 2 atom stereocenters. The molecule has 2 unspecified atom stereocenters. The van der Waals surface area contributed by atoms with Crippen molar-refractivity contribution in [2.24, 2.45) is 5.92 Å². The number of rotatable bonds is 8. The number of aromatic hydroxyl groups is 2. The van der Waals surface area contributed by atoms with Crippen molar-refractivity contribution in [1.82, 2.24) is 0 Å². The summed E-state index contributed by atoms with van der Waals surface area (Å²) in [5.74, 6) is 0.779. The molecule has 1 fully saturated rings. The van der Waals surface area contributed by atoms with Gasteiger partial charge < -0.3 is 10.2 Å². The third kappa shape index (κ3) is 5.18. The summed E-state index contributed by atoms with van der Waals surface area (Å²) in [4.78, 5) is 0. The molecule has 1 aromatic carbocycles. The number of hydrogen-bond acceptors (Lipinski definition) is 2. The van der Waals surface area contributed by atoms with Crippen LogP contribution in [0.2, 0.25) is 0 Å². The second kappa shape index (κ2) is 8.99. The van der Waals surface area contributed by atoms with Crippen LogP contribution in [0.4, 0.5) is 0 Å². The molecule has 0 aliphatic heterocycles. The quantitative estimate of drug-likeness (QED) is 0.370. The second-order valence-corrected chi connectivity index (χ2v) is 9.17. The minimum absolute atomic E-state index is 0.0606. The van der Waals surface area contributed by atoms with Crippen LogP contribution in [0.1, 0.15) is 96.1 Å². The Labute approximate surface area is 166 Å². The summed E-state index contributed by atoms with van der Waals surface area (Å²) in [6.45, 7) is 17.0. The van der Waals surface area contributed by atoms with Gasteiger partial charge in [0, 0.05) is 11.5 Å². The molecule has 1 aliphatic carbocycles. The molecule has 1 saturated carbocycles. The van der Waals surface area contributed by atoms with Crippen molar-refractivity contribution in [1.29, 1.82) is 0 Å². The Morgan fingerprint density at radius 3 is 2.33 bits per heavy atom. The van der Waals surface area contributed by atoms with E-state index in [0.717, 1.165) is 36.8 Å². The van der Waals surface area contributed by atoms with E-state index in [1.54, 1.807) is 0 Å². The largest absolute Gasteiger partial charge is 0.508 e. The third-order valence-electron chi connectivity index (χ3n) is 6.38. The summed E-state index contributed by atoms with van der Waals surface area (Å²) >= 11 is 0. The molecule has 27 heavy (non-hydrogen) atoms. The molecule has 0 aromatic heterocycles. The SMILES string of the molecule is C=C1CCC(C(=C)C)C(c2c(O)cc(C(C)(C)CCCCCC)cc2O)C1. The number of benzene rings is 1. The highest BCUT2D eigenvalue weighted by Crippen LogP contribution is 2.49. The van der Waals surface area contributed by atoms with Crippen molar-refractivity contribution in [2.75, 3.05) is 0 Å². The first-order valence-electron chi connectivity index (χ1n) is 10.6. The van der Waals surface area contributed by atoms with E-state index >= 15 is 0 Å². The van der Waals surface area contributed by atoms with E-state index in [1.165, 1.54) is 31.3 Å². The molecule has 150 valence electrons. The van der Waals surface area contributed by atoms with Crippen molar-refractivity contribution in [3.05, 3.63) is 47.6 Å². The normalized spacial score (nSPS) is 20.7. The molecule has 0 heterocycles. The molecule has 0 bridgehead atoms. The molecule has 2 rings (SSSR count). The first-order valence-corrected chi connectivity index (χ1v) is 10.6. The van der Waals surface area contributed by atoms with Crippen molar-refractivity contribution in [2.45, 2.75) is 90.4 Å². The van der Waals surface area contributed by atoms with E-state index in [-0.39, 0.29) is 28.7 Å². The average Bonchev–Trinajstić information content (AvgIpc) is 2.58. The van der Waals surface area contributed by atoms with Gasteiger partial charge in [0.15, 0.2) is 0 Å². The van der Waals surface area contributed by atoms with Gasteiger partial charge in [0.05, 0.1) is 0 Å². The lowest BCUT2D eigenvalue weighted by atomic mass is 9.70. The number of phenolic OH excluding ortho intramolecular Hbond substituents is 2. The lowest BCUT2D eigenvalue weighted by Gasteiger charge is -2.35. The Kier molecular flexibility index (Phi) is 7.19. The van der Waals surface area contributed by atoms with Crippen molar-refractivity contribution < 1.29 is 10.2 Å². The smallest absolute Gasteiger partial charge is 0.123 e. The second-order valence-electron chi connectivity index (χ2n) is 9.17. The Bertz CT molecular complexity index is 661. The molecule has 0 spiro atoms. The lowest BCUT2D eigenvalue weighted by molar-refractivity contribution is 0.362. The average molecular weight is 371 g/mol. The van der Waals surface area contributed by atoms with Crippen LogP contribution in [0.5, 0.6) is 11.5 Å². The van der Waals surface area contributed by atoms with Gasteiger partial charge in [-0.25, -0.2) is 0 Å². The zero-order valence-electron chi connectivity index (χ0n) is 17.8. The minimum Gasteiger partial charge on any atom is -0.508 e. The Hall–Kier alpha value is -1.70. The Morgan fingerprint density at radius 1 is 1.15 bits per heavy atom. The number of unbranched alkanes of at least 4 members (excludes halogenated alkanes) is 3. The van der Waals surface area contributed by atoms with Gasteiger partial charge in [0.1, 0.15) is 11.5 Å². The number of hydrogen-bond donors (Lipinski definition) is 2. The van der Waals surface area contributed by atoms with Gasteiger partial charge >= 0.3 is 0 Å². The van der Waals surface area contributed by atoms with Crippen LogP contribution in [0, 0.1) is 5.92 Å². The highest BCUT2D eigenvalue weighted by Gasteiger charge is 2.33. The molecule has 2 heteroatoms. The fraction of sp³-hybridized carbons (Fsp3) is 0.600. The van der Waals surface area contributed by atoms with Crippen LogP contribution >= 0.6 is 0 Å². The molecular weight excluding hydrogens is 332 g/mol. The Balaban J connectivity index is 2.30. The highest BCUT2D eigenvalue weighted by molar-refractivity contribution is 5.51. The van der Waals surface area contributed by atoms with Gasteiger partial charge in [-0.2, -0.15) is 0 Å². The third-order valence-corrected chi connectivity index (χ3v) is 6.38. The number of allylic oxidation sites excluding steroid dienone is 2. The van der Waals surface area contributed by atoms with Crippen molar-refractivity contribution in [3.63, 3.8) is 0 Å². The molecule has 0 radical (unpaired) electrons. The van der Waals surface area contributed by atoms with Gasteiger partial charge in [0.25, 0.3) is 0 Å². The van der Waals surface area contributed by atoms with Crippen molar-refractivity contribution >= 4 is 0 Å². The maximum Gasteiger partial charge on any atom is 0.123 e. The maximum atomic E-state index is 10.9. The van der Waals surface area contributed by atoms with Crippen LogP contribution in [-0.4, -0.2) is 10.2 Å². The zero-order valence-corrected chi connectivity index (χ0v) is 17.8. The summed E-state index contributed by atoms with van der Waals surface area (Å²) < 4.78 is 0. The van der Waals surface area contributed by atoms with Gasteiger partial charge in [-0.1, -0.05) is 70.8 Å². The van der Waals surface area contributed by atoms with E-state index in [4.69, 9.17) is 0 Å². The monoisotopic (exact) mass is 370 g/mol. The predicted molar refractivity (Wildman–Crippen MR) is 116 cm³/mol. The van der Waals surface area contributed by atoms with Crippen LogP contribution in [-0.2, 0) is 5.41 Å². The zero-order chi connectivity index (χ0) is 20.2. The van der Waals surface area contributed by atoms with Gasteiger partial charge in [0.2, 0.25) is 0 Å². The molecular formula is C25H38O2. The highest BCUT2D eigenvalue weighted by atomic mass is 16.3. The minimum atomic E-state index is -0.0643. The topological polar surface area (TPSA) is 40.5 Å². The number of phenols is 2. The van der Waals surface area contributed by atoms with E-state index in [9.17, 15) is 10.2 Å². The van der Waals surface area contributed by atoms with E-state index in [2.05, 4.69) is 33.9 Å². The molecule has 0 saturated heterocycles. The van der Waals surface area contributed by atoms with Crippen LogP contribution < -0.4 is 0 Å². The van der Waals surface area contributed by atoms with E-state index < -0.39 is 0 Å². The molecule has 1 aromatic rings. The first kappa shape index (κ1) is 21.6. The summed E-state index contributed by atoms with van der Waals surface area (Å²) in [7, 11) is 0. The summed E-state index contributed by atoms with van der Waals surface area (Å²) in [6, 6.07) is 3.75. The summed E-state index contributed by atoms with van der Waals surface area (Å²) in [6.07, 6.45) is 8.75. The molecule has 1 aliphatic rings. The molecule has 2 nitrogen and oxygen atoms in total. The lowest BCUT2D eigenvalue weighted by Crippen LogP contribution is -2.21. The molecule has 0 amide bonds. The van der Waals surface area contributed by atoms with E-state index in [1.807, 2.05) is 19.1 Å². The maximum absolute atomic E-state index is 10.9. The van der Waals surface area contributed by atoms with Gasteiger partial charge in [-0.3, -0.25) is 0 Å². The Morgan fingerprint density at radius 2 is 1.78 bits per heavy atom. The molecule has 2 N–H and O–H groups in total. The fourth-order valence-electron chi connectivity index (χ4n) is 4.54. The standard InChI is InChI=1S/C25H38O2/c1-7-8-9-10-13-25(5,6)19-15-22(26)24(23(27)16-19)21-14-18(4)11-12-20(21)17(2)3/h15-16,20-21,26-27H,2,4,7-14H2,1,3,5-6H3. The fourth-order valence-corrected chi connectivity index (χ4v) is 4.54. The summed E-state index contributed by atoms with van der Waals surface area (Å²) in [5.41, 5.74) is 3.93. The van der Waals surface area contributed by atoms with Crippen molar-refractivity contribution in [3.8, 4) is 11.5 Å². The van der Waals surface area contributed by atoms with Crippen LogP contribution in [0.25, 0.3) is 0 Å². The van der Waals surface area contributed by atoms with Gasteiger partial charge in [-0.05, 0) is 61.6 Å². The van der Waals surface area contributed by atoms with Crippen LogP contribution in [0.3, 0.4) is 0 Å². The van der Waals surface area contributed by atoms with Gasteiger partial charge in [-0.15, -0.1) is 0 Å². The van der Waals surface area contributed by atoms with Crippen LogP contribution in [0.15, 0.2) is 36.4 Å².